The van der Waals surface area contributed by atoms with E-state index in [1.807, 2.05) is 31.2 Å². The summed E-state index contributed by atoms with van der Waals surface area (Å²) < 4.78 is 28.7. The number of rotatable bonds is 3. The minimum absolute atomic E-state index is 0.0495. The van der Waals surface area contributed by atoms with Gasteiger partial charge in [-0.1, -0.05) is 18.2 Å². The highest BCUT2D eigenvalue weighted by atomic mass is 32.2. The number of carbonyl (C=O) groups excluding carboxylic acids is 1. The number of benzene rings is 1. The molecule has 0 unspecified atom stereocenters. The molecule has 1 saturated heterocycles. The fraction of sp³-hybridized carbons (Fsp3) is 0.421. The largest absolute Gasteiger partial charge is 0.345 e. The van der Waals surface area contributed by atoms with Gasteiger partial charge in [0.1, 0.15) is 10.6 Å². The molecule has 0 saturated carbocycles. The Morgan fingerprint density at radius 1 is 1.15 bits per heavy atom. The van der Waals surface area contributed by atoms with Crippen LogP contribution in [0.1, 0.15) is 35.8 Å². The number of para-hydroxylation sites is 1. The van der Waals surface area contributed by atoms with Crippen LogP contribution < -0.4 is 4.90 Å². The molecule has 0 radical (unpaired) electrons. The maximum absolute atomic E-state index is 13.2. The zero-order chi connectivity index (χ0) is 18.5. The molecule has 0 N–H and O–H groups in total. The van der Waals surface area contributed by atoms with Crippen molar-refractivity contribution in [3.8, 4) is 0 Å². The normalized spacial score (nSPS) is 20.5. The van der Waals surface area contributed by atoms with E-state index in [9.17, 15) is 13.2 Å². The predicted molar refractivity (Wildman–Crippen MR) is 99.8 cm³/mol. The van der Waals surface area contributed by atoms with Gasteiger partial charge >= 0.3 is 0 Å². The van der Waals surface area contributed by atoms with Gasteiger partial charge in [-0.3, -0.25) is 4.79 Å². The van der Waals surface area contributed by atoms with E-state index in [2.05, 4.69) is 0 Å². The molecule has 3 heterocycles. The second-order valence-corrected chi connectivity index (χ2v) is 9.08. The van der Waals surface area contributed by atoms with Gasteiger partial charge in [-0.15, -0.1) is 0 Å². The van der Waals surface area contributed by atoms with Crippen LogP contribution in [0, 0.1) is 0 Å². The molecule has 1 fully saturated rings. The molecule has 1 aromatic heterocycles. The third kappa shape index (κ3) is 2.66. The first-order valence-corrected chi connectivity index (χ1v) is 10.4. The SMILES string of the molecule is C[C@H]1Cc2ccccc2N1C(=O)c1cc(S(=O)(=O)N2CCCC2)cn1C. The smallest absolute Gasteiger partial charge is 0.275 e. The summed E-state index contributed by atoms with van der Waals surface area (Å²) in [5.41, 5.74) is 2.45. The maximum Gasteiger partial charge on any atom is 0.275 e. The highest BCUT2D eigenvalue weighted by Gasteiger charge is 2.34. The number of carbonyl (C=O) groups is 1. The van der Waals surface area contributed by atoms with E-state index in [0.29, 0.717) is 18.8 Å². The molecule has 0 aliphatic carbocycles. The van der Waals surface area contributed by atoms with Crippen LogP contribution in [-0.2, 0) is 23.5 Å². The molecule has 26 heavy (non-hydrogen) atoms. The first kappa shape index (κ1) is 17.3. The molecule has 0 bridgehead atoms. The monoisotopic (exact) mass is 373 g/mol. The topological polar surface area (TPSA) is 62.6 Å². The summed E-state index contributed by atoms with van der Waals surface area (Å²) in [6, 6.07) is 9.45. The van der Waals surface area contributed by atoms with E-state index >= 15 is 0 Å². The van der Waals surface area contributed by atoms with Gasteiger partial charge < -0.3 is 9.47 Å². The van der Waals surface area contributed by atoms with Crippen LogP contribution in [0.25, 0.3) is 0 Å². The number of anilines is 1. The Balaban J connectivity index is 1.69. The summed E-state index contributed by atoms with van der Waals surface area (Å²) >= 11 is 0. The van der Waals surface area contributed by atoms with E-state index in [0.717, 1.165) is 30.5 Å². The summed E-state index contributed by atoms with van der Waals surface area (Å²) in [5.74, 6) is -0.159. The Morgan fingerprint density at radius 2 is 1.85 bits per heavy atom. The van der Waals surface area contributed by atoms with Crippen molar-refractivity contribution in [3.63, 3.8) is 0 Å². The summed E-state index contributed by atoms with van der Waals surface area (Å²) in [6.45, 7) is 3.12. The number of aryl methyl sites for hydroxylation is 1. The number of nitrogens with zero attached hydrogens (tertiary/aromatic N) is 3. The maximum atomic E-state index is 13.2. The molecular formula is C19H23N3O3S. The first-order valence-electron chi connectivity index (χ1n) is 8.97. The molecule has 1 amide bonds. The minimum Gasteiger partial charge on any atom is -0.345 e. The van der Waals surface area contributed by atoms with Crippen LogP contribution in [0.4, 0.5) is 5.69 Å². The fourth-order valence-corrected chi connectivity index (χ4v) is 5.55. The summed E-state index contributed by atoms with van der Waals surface area (Å²) in [6.07, 6.45) is 4.14. The standard InChI is InChI=1S/C19H23N3O3S/c1-14-11-15-7-3-4-8-17(15)22(14)19(23)18-12-16(13-20(18)2)26(24,25)21-9-5-6-10-21/h3-4,7-8,12-14H,5-6,9-11H2,1-2H3/t14-/m0/s1. The predicted octanol–water partition coefficient (Wildman–Crippen LogP) is 2.40. The molecule has 6 nitrogen and oxygen atoms in total. The van der Waals surface area contributed by atoms with E-state index in [-0.39, 0.29) is 16.8 Å². The van der Waals surface area contributed by atoms with Gasteiger partial charge in [0.2, 0.25) is 10.0 Å². The molecule has 2 aliphatic heterocycles. The number of sulfonamides is 1. The molecule has 2 aliphatic rings. The Morgan fingerprint density at radius 3 is 2.58 bits per heavy atom. The summed E-state index contributed by atoms with van der Waals surface area (Å²) in [5, 5.41) is 0. The number of fused-ring (bicyclic) bond motifs is 1. The van der Waals surface area contributed by atoms with Crippen molar-refractivity contribution in [1.82, 2.24) is 8.87 Å². The van der Waals surface area contributed by atoms with Crippen molar-refractivity contribution in [2.75, 3.05) is 18.0 Å². The molecule has 4 rings (SSSR count). The van der Waals surface area contributed by atoms with Gasteiger partial charge in [-0.2, -0.15) is 4.31 Å². The summed E-state index contributed by atoms with van der Waals surface area (Å²) in [7, 11) is -1.80. The lowest BCUT2D eigenvalue weighted by atomic mass is 10.1. The van der Waals surface area contributed by atoms with Gasteiger partial charge in [0.25, 0.3) is 5.91 Å². The van der Waals surface area contributed by atoms with E-state index in [4.69, 9.17) is 0 Å². The van der Waals surface area contributed by atoms with Crippen LogP contribution >= 0.6 is 0 Å². The highest BCUT2D eigenvalue weighted by molar-refractivity contribution is 7.89. The number of aromatic nitrogens is 1. The Kier molecular flexibility index (Phi) is 4.16. The molecule has 2 aromatic rings. The summed E-state index contributed by atoms with van der Waals surface area (Å²) in [4.78, 5) is 15.2. The molecule has 7 heteroatoms. The van der Waals surface area contributed by atoms with Crippen LogP contribution in [0.15, 0.2) is 41.4 Å². The van der Waals surface area contributed by atoms with Crippen molar-refractivity contribution >= 4 is 21.6 Å². The average Bonchev–Trinajstić information content (AvgIpc) is 3.32. The zero-order valence-electron chi connectivity index (χ0n) is 15.1. The zero-order valence-corrected chi connectivity index (χ0v) is 15.9. The lowest BCUT2D eigenvalue weighted by Crippen LogP contribution is -2.36. The number of amides is 1. The van der Waals surface area contributed by atoms with E-state index in [1.165, 1.54) is 10.4 Å². The highest BCUT2D eigenvalue weighted by Crippen LogP contribution is 2.33. The van der Waals surface area contributed by atoms with Crippen molar-refractivity contribution in [1.29, 1.82) is 0 Å². The second-order valence-electron chi connectivity index (χ2n) is 7.14. The second kappa shape index (κ2) is 6.25. The van der Waals surface area contributed by atoms with E-state index in [1.54, 1.807) is 22.7 Å². The van der Waals surface area contributed by atoms with Gasteiger partial charge in [-0.25, -0.2) is 8.42 Å². The van der Waals surface area contributed by atoms with Gasteiger partial charge in [-0.05, 0) is 43.9 Å². The fourth-order valence-electron chi connectivity index (χ4n) is 3.96. The Bertz CT molecular complexity index is 958. The van der Waals surface area contributed by atoms with Crippen molar-refractivity contribution in [2.45, 2.75) is 37.1 Å². The van der Waals surface area contributed by atoms with Gasteiger partial charge in [0, 0.05) is 38.1 Å². The third-order valence-corrected chi connectivity index (χ3v) is 7.19. The lowest BCUT2D eigenvalue weighted by molar-refractivity contribution is 0.0973. The van der Waals surface area contributed by atoms with Crippen LogP contribution in [0.2, 0.25) is 0 Å². The molecule has 1 atom stereocenters. The molecule has 1 aromatic carbocycles. The minimum atomic E-state index is -3.53. The Labute approximate surface area is 154 Å². The lowest BCUT2D eigenvalue weighted by Gasteiger charge is -2.22. The van der Waals surface area contributed by atoms with Gasteiger partial charge in [0.05, 0.1) is 0 Å². The first-order chi connectivity index (χ1) is 12.4. The van der Waals surface area contributed by atoms with Crippen molar-refractivity contribution in [2.24, 2.45) is 7.05 Å². The third-order valence-electron chi connectivity index (χ3n) is 5.33. The molecular weight excluding hydrogens is 350 g/mol. The number of hydrogen-bond acceptors (Lipinski definition) is 3. The molecule has 138 valence electrons. The van der Waals surface area contributed by atoms with E-state index < -0.39 is 10.0 Å². The van der Waals surface area contributed by atoms with Crippen LogP contribution in [0.5, 0.6) is 0 Å². The van der Waals surface area contributed by atoms with Crippen LogP contribution in [0.3, 0.4) is 0 Å². The number of hydrogen-bond donors (Lipinski definition) is 0. The van der Waals surface area contributed by atoms with Crippen molar-refractivity contribution < 1.29 is 13.2 Å². The molecule has 0 spiro atoms. The van der Waals surface area contributed by atoms with Gasteiger partial charge in [0.15, 0.2) is 0 Å². The quantitative estimate of drug-likeness (QED) is 0.830. The van der Waals surface area contributed by atoms with Crippen molar-refractivity contribution in [3.05, 3.63) is 47.8 Å². The Hall–Kier alpha value is -2.12. The van der Waals surface area contributed by atoms with Crippen LogP contribution in [-0.4, -0.2) is 42.3 Å². The average molecular weight is 373 g/mol.